The Labute approximate surface area is 170 Å². The third kappa shape index (κ3) is 5.24. The molecular formula is C23H19NO4S. The zero-order valence-corrected chi connectivity index (χ0v) is 16.6. The lowest BCUT2D eigenvalue weighted by Crippen LogP contribution is -2.13. The van der Waals surface area contributed by atoms with Gasteiger partial charge >= 0.3 is 5.97 Å². The standard InChI is InChI=1S/C23H19NO4S/c1-19-11-14-22(15-12-19)29(26,27)24-17-5-9-21(24)10-6-18-28-23(25)16-13-20-7-3-2-4-8-20/h2-12,14-15,17H,18H2,1H3/b10-6+. The van der Waals surface area contributed by atoms with E-state index in [-0.39, 0.29) is 11.5 Å². The first-order valence-electron chi connectivity index (χ1n) is 8.87. The molecule has 0 atom stereocenters. The Hall–Kier alpha value is -3.56. The molecular weight excluding hydrogens is 386 g/mol. The van der Waals surface area contributed by atoms with Crippen LogP contribution < -0.4 is 0 Å². The van der Waals surface area contributed by atoms with E-state index in [4.69, 9.17) is 4.74 Å². The molecule has 1 aromatic heterocycles. The van der Waals surface area contributed by atoms with Crippen LogP contribution in [-0.4, -0.2) is 25.0 Å². The molecule has 0 radical (unpaired) electrons. The van der Waals surface area contributed by atoms with Crippen LogP contribution in [-0.2, 0) is 19.6 Å². The fourth-order valence-corrected chi connectivity index (χ4v) is 3.86. The van der Waals surface area contributed by atoms with Gasteiger partial charge in [0.1, 0.15) is 6.61 Å². The van der Waals surface area contributed by atoms with E-state index >= 15 is 0 Å². The molecule has 0 fully saturated rings. The van der Waals surface area contributed by atoms with Crippen molar-refractivity contribution >= 4 is 22.1 Å². The zero-order chi connectivity index (χ0) is 20.7. The van der Waals surface area contributed by atoms with Crippen LogP contribution in [0.3, 0.4) is 0 Å². The van der Waals surface area contributed by atoms with Gasteiger partial charge in [-0.1, -0.05) is 41.8 Å². The van der Waals surface area contributed by atoms with Gasteiger partial charge in [-0.05, 0) is 55.5 Å². The summed E-state index contributed by atoms with van der Waals surface area (Å²) in [5.74, 6) is 4.47. The van der Waals surface area contributed by atoms with Crippen molar-refractivity contribution in [3.05, 3.63) is 95.8 Å². The first kappa shape index (κ1) is 20.2. The third-order valence-corrected chi connectivity index (χ3v) is 5.72. The Bertz CT molecular complexity index is 1180. The SMILES string of the molecule is Cc1ccc(S(=O)(=O)n2cccc2/C=C/COC(=O)C#Cc2ccccc2)cc1. The fraction of sp³-hybridized carbons (Fsp3) is 0.0870. The Kier molecular flexibility index (Phi) is 6.32. The van der Waals surface area contributed by atoms with Crippen LogP contribution in [0.25, 0.3) is 6.08 Å². The number of ether oxygens (including phenoxy) is 1. The average Bonchev–Trinajstić information content (AvgIpc) is 3.20. The van der Waals surface area contributed by atoms with Gasteiger partial charge in [-0.15, -0.1) is 0 Å². The van der Waals surface area contributed by atoms with Crippen LogP contribution in [0.15, 0.2) is 83.9 Å². The second kappa shape index (κ2) is 9.09. The van der Waals surface area contributed by atoms with Gasteiger partial charge in [-0.3, -0.25) is 0 Å². The molecule has 1 heterocycles. The quantitative estimate of drug-likeness (QED) is 0.480. The number of aromatic nitrogens is 1. The Morgan fingerprint density at radius 3 is 2.48 bits per heavy atom. The van der Waals surface area contributed by atoms with E-state index in [0.29, 0.717) is 5.69 Å². The molecule has 0 saturated carbocycles. The molecule has 0 aliphatic heterocycles. The summed E-state index contributed by atoms with van der Waals surface area (Å²) in [6.07, 6.45) is 4.63. The van der Waals surface area contributed by atoms with E-state index in [1.807, 2.05) is 25.1 Å². The summed E-state index contributed by atoms with van der Waals surface area (Å²) < 4.78 is 31.8. The van der Waals surface area contributed by atoms with E-state index in [0.717, 1.165) is 11.1 Å². The number of esters is 1. The monoisotopic (exact) mass is 405 g/mol. The van der Waals surface area contributed by atoms with Gasteiger partial charge in [0.25, 0.3) is 10.0 Å². The number of rotatable bonds is 5. The van der Waals surface area contributed by atoms with Crippen molar-refractivity contribution in [3.8, 4) is 11.8 Å². The Morgan fingerprint density at radius 1 is 1.03 bits per heavy atom. The topological polar surface area (TPSA) is 65.4 Å². The number of carbonyl (C=O) groups is 1. The molecule has 0 saturated heterocycles. The predicted octanol–water partition coefficient (Wildman–Crippen LogP) is 3.64. The molecule has 29 heavy (non-hydrogen) atoms. The van der Waals surface area contributed by atoms with Crippen molar-refractivity contribution in [3.63, 3.8) is 0 Å². The lowest BCUT2D eigenvalue weighted by Gasteiger charge is -2.08. The lowest BCUT2D eigenvalue weighted by molar-refractivity contribution is -0.135. The minimum absolute atomic E-state index is 0.0158. The van der Waals surface area contributed by atoms with Gasteiger partial charge in [0.15, 0.2) is 0 Å². The largest absolute Gasteiger partial charge is 0.452 e. The molecule has 0 amide bonds. The summed E-state index contributed by atoms with van der Waals surface area (Å²) in [5.41, 5.74) is 2.16. The van der Waals surface area contributed by atoms with Gasteiger partial charge in [-0.2, -0.15) is 0 Å². The minimum Gasteiger partial charge on any atom is -0.452 e. The fourth-order valence-electron chi connectivity index (χ4n) is 2.52. The van der Waals surface area contributed by atoms with Gasteiger partial charge in [0.2, 0.25) is 0 Å². The highest BCUT2D eigenvalue weighted by atomic mass is 32.2. The maximum absolute atomic E-state index is 12.8. The summed E-state index contributed by atoms with van der Waals surface area (Å²) in [4.78, 5) is 11.9. The number of hydrogen-bond donors (Lipinski definition) is 0. The summed E-state index contributed by atoms with van der Waals surface area (Å²) in [5, 5.41) is 0. The van der Waals surface area contributed by atoms with Gasteiger partial charge in [0, 0.05) is 17.7 Å². The first-order valence-corrected chi connectivity index (χ1v) is 10.3. The summed E-state index contributed by atoms with van der Waals surface area (Å²) >= 11 is 0. The summed E-state index contributed by atoms with van der Waals surface area (Å²) in [6, 6.07) is 19.1. The van der Waals surface area contributed by atoms with Crippen molar-refractivity contribution < 1.29 is 17.9 Å². The maximum atomic E-state index is 12.8. The second-order valence-electron chi connectivity index (χ2n) is 6.16. The Morgan fingerprint density at radius 2 is 1.76 bits per heavy atom. The molecule has 3 rings (SSSR count). The number of benzene rings is 2. The molecule has 3 aromatic rings. The van der Waals surface area contributed by atoms with E-state index in [2.05, 4.69) is 11.8 Å². The predicted molar refractivity (Wildman–Crippen MR) is 112 cm³/mol. The van der Waals surface area contributed by atoms with Crippen LogP contribution in [0.1, 0.15) is 16.8 Å². The van der Waals surface area contributed by atoms with Crippen LogP contribution in [0.5, 0.6) is 0 Å². The molecule has 146 valence electrons. The van der Waals surface area contributed by atoms with Crippen molar-refractivity contribution in [1.82, 2.24) is 3.97 Å². The van der Waals surface area contributed by atoms with Crippen LogP contribution in [0.4, 0.5) is 0 Å². The van der Waals surface area contributed by atoms with Crippen molar-refractivity contribution in [2.75, 3.05) is 6.61 Å². The molecule has 5 nitrogen and oxygen atoms in total. The molecule has 0 unspecified atom stereocenters. The first-order chi connectivity index (χ1) is 14.0. The normalized spacial score (nSPS) is 11.1. The van der Waals surface area contributed by atoms with Crippen LogP contribution in [0.2, 0.25) is 0 Å². The van der Waals surface area contributed by atoms with Crippen LogP contribution >= 0.6 is 0 Å². The van der Waals surface area contributed by atoms with Crippen LogP contribution in [0, 0.1) is 18.8 Å². The van der Waals surface area contributed by atoms with E-state index in [1.54, 1.807) is 60.7 Å². The highest BCUT2D eigenvalue weighted by molar-refractivity contribution is 7.90. The highest BCUT2D eigenvalue weighted by Crippen LogP contribution is 2.18. The number of nitrogens with zero attached hydrogens (tertiary/aromatic N) is 1. The lowest BCUT2D eigenvalue weighted by atomic mass is 10.2. The molecule has 0 aliphatic carbocycles. The maximum Gasteiger partial charge on any atom is 0.385 e. The summed E-state index contributed by atoms with van der Waals surface area (Å²) in [6.45, 7) is 1.88. The summed E-state index contributed by atoms with van der Waals surface area (Å²) in [7, 11) is -3.70. The molecule has 0 N–H and O–H groups in total. The van der Waals surface area contributed by atoms with Crippen molar-refractivity contribution in [1.29, 1.82) is 0 Å². The number of hydrogen-bond acceptors (Lipinski definition) is 4. The molecule has 6 heteroatoms. The van der Waals surface area contributed by atoms with E-state index in [1.165, 1.54) is 10.2 Å². The zero-order valence-electron chi connectivity index (χ0n) is 15.8. The van der Waals surface area contributed by atoms with E-state index < -0.39 is 16.0 Å². The molecule has 0 bridgehead atoms. The number of carbonyl (C=O) groups excluding carboxylic acids is 1. The van der Waals surface area contributed by atoms with Crippen molar-refractivity contribution in [2.45, 2.75) is 11.8 Å². The van der Waals surface area contributed by atoms with Gasteiger partial charge < -0.3 is 4.74 Å². The minimum atomic E-state index is -3.70. The van der Waals surface area contributed by atoms with Gasteiger partial charge in [0.05, 0.1) is 10.6 Å². The second-order valence-corrected chi connectivity index (χ2v) is 7.98. The van der Waals surface area contributed by atoms with Crippen molar-refractivity contribution in [2.24, 2.45) is 0 Å². The molecule has 2 aromatic carbocycles. The molecule has 0 aliphatic rings. The smallest absolute Gasteiger partial charge is 0.385 e. The molecule has 0 spiro atoms. The number of aryl methyl sites for hydroxylation is 1. The van der Waals surface area contributed by atoms with E-state index in [9.17, 15) is 13.2 Å². The third-order valence-electron chi connectivity index (χ3n) is 4.00. The Balaban J connectivity index is 1.64. The highest BCUT2D eigenvalue weighted by Gasteiger charge is 2.17. The van der Waals surface area contributed by atoms with Gasteiger partial charge in [-0.25, -0.2) is 17.2 Å². The average molecular weight is 405 g/mol.